The lowest BCUT2D eigenvalue weighted by molar-refractivity contribution is 0.896. The molecule has 1 heterocycles. The third-order valence-corrected chi connectivity index (χ3v) is 4.37. The Kier molecular flexibility index (Phi) is 4.43. The molecule has 1 N–H and O–H groups in total. The molecule has 2 heteroatoms. The lowest BCUT2D eigenvalue weighted by Crippen LogP contribution is -2.05. The van der Waals surface area contributed by atoms with Crippen molar-refractivity contribution in [1.82, 2.24) is 0 Å². The Morgan fingerprint density at radius 3 is 2.44 bits per heavy atom. The fourth-order valence-electron chi connectivity index (χ4n) is 2.20. The SMILES string of the molecule is CCCc1ccc(NC(C)c2sccc2C)cc1. The van der Waals surface area contributed by atoms with Crippen LogP contribution in [-0.4, -0.2) is 0 Å². The monoisotopic (exact) mass is 259 g/mol. The molecule has 18 heavy (non-hydrogen) atoms. The van der Waals surface area contributed by atoms with Gasteiger partial charge in [0.25, 0.3) is 0 Å². The molecule has 0 amide bonds. The molecule has 0 saturated heterocycles. The zero-order chi connectivity index (χ0) is 13.0. The Morgan fingerprint density at radius 1 is 1.17 bits per heavy atom. The molecule has 0 aliphatic rings. The Labute approximate surface area is 114 Å². The van der Waals surface area contributed by atoms with Crippen molar-refractivity contribution in [3.63, 3.8) is 0 Å². The van der Waals surface area contributed by atoms with Gasteiger partial charge in [0.15, 0.2) is 0 Å². The maximum atomic E-state index is 3.56. The van der Waals surface area contributed by atoms with Crippen LogP contribution in [0.2, 0.25) is 0 Å². The first-order valence-corrected chi connectivity index (χ1v) is 7.48. The van der Waals surface area contributed by atoms with Gasteiger partial charge in [-0.1, -0.05) is 25.5 Å². The standard InChI is InChI=1S/C16H21NS/c1-4-5-14-6-8-15(9-7-14)17-13(3)16-12(2)10-11-18-16/h6-11,13,17H,4-5H2,1-3H3. The van der Waals surface area contributed by atoms with Gasteiger partial charge in [-0.05, 0) is 55.0 Å². The van der Waals surface area contributed by atoms with E-state index < -0.39 is 0 Å². The van der Waals surface area contributed by atoms with Crippen LogP contribution < -0.4 is 5.32 Å². The number of aryl methyl sites for hydroxylation is 2. The van der Waals surface area contributed by atoms with Crippen LogP contribution in [0.25, 0.3) is 0 Å². The van der Waals surface area contributed by atoms with Crippen LogP contribution in [-0.2, 0) is 6.42 Å². The van der Waals surface area contributed by atoms with Gasteiger partial charge in [0.2, 0.25) is 0 Å². The number of hydrogen-bond donors (Lipinski definition) is 1. The van der Waals surface area contributed by atoms with Gasteiger partial charge in [-0.25, -0.2) is 0 Å². The quantitative estimate of drug-likeness (QED) is 0.780. The Hall–Kier alpha value is -1.28. The number of rotatable bonds is 5. The summed E-state index contributed by atoms with van der Waals surface area (Å²) < 4.78 is 0. The Bertz CT molecular complexity index is 484. The molecule has 0 bridgehead atoms. The van der Waals surface area contributed by atoms with Crippen LogP contribution >= 0.6 is 11.3 Å². The molecule has 0 spiro atoms. The van der Waals surface area contributed by atoms with Crippen molar-refractivity contribution in [1.29, 1.82) is 0 Å². The maximum absolute atomic E-state index is 3.56. The van der Waals surface area contributed by atoms with Crippen molar-refractivity contribution in [2.45, 2.75) is 39.7 Å². The van der Waals surface area contributed by atoms with Crippen molar-refractivity contribution < 1.29 is 0 Å². The van der Waals surface area contributed by atoms with Gasteiger partial charge in [-0.15, -0.1) is 11.3 Å². The molecule has 96 valence electrons. The highest BCUT2D eigenvalue weighted by molar-refractivity contribution is 7.10. The summed E-state index contributed by atoms with van der Waals surface area (Å²) in [6, 6.07) is 11.4. The van der Waals surface area contributed by atoms with Gasteiger partial charge >= 0.3 is 0 Å². The zero-order valence-corrected chi connectivity index (χ0v) is 12.2. The Morgan fingerprint density at radius 2 is 1.89 bits per heavy atom. The van der Waals surface area contributed by atoms with Crippen molar-refractivity contribution in [2.24, 2.45) is 0 Å². The second-order valence-corrected chi connectivity index (χ2v) is 5.73. The van der Waals surface area contributed by atoms with Gasteiger partial charge in [0.1, 0.15) is 0 Å². The molecule has 0 fully saturated rings. The van der Waals surface area contributed by atoms with E-state index in [1.54, 1.807) is 0 Å². The minimum atomic E-state index is 0.377. The molecule has 2 rings (SSSR count). The highest BCUT2D eigenvalue weighted by Crippen LogP contribution is 2.26. The molecule has 1 aromatic heterocycles. The number of benzene rings is 1. The molecule has 2 aromatic rings. The number of nitrogens with one attached hydrogen (secondary N) is 1. The molecular weight excluding hydrogens is 238 g/mol. The average molecular weight is 259 g/mol. The van der Waals surface area contributed by atoms with Crippen LogP contribution in [0.4, 0.5) is 5.69 Å². The summed E-state index contributed by atoms with van der Waals surface area (Å²) in [6.45, 7) is 6.61. The summed E-state index contributed by atoms with van der Waals surface area (Å²) in [5, 5.41) is 5.72. The van der Waals surface area contributed by atoms with Crippen molar-refractivity contribution in [3.8, 4) is 0 Å². The lowest BCUT2D eigenvalue weighted by Gasteiger charge is -2.15. The van der Waals surface area contributed by atoms with E-state index in [-0.39, 0.29) is 0 Å². The van der Waals surface area contributed by atoms with E-state index in [1.165, 1.54) is 34.5 Å². The van der Waals surface area contributed by atoms with Gasteiger partial charge in [0, 0.05) is 10.6 Å². The van der Waals surface area contributed by atoms with Gasteiger partial charge < -0.3 is 5.32 Å². The van der Waals surface area contributed by atoms with Crippen LogP contribution in [0.15, 0.2) is 35.7 Å². The van der Waals surface area contributed by atoms with Crippen LogP contribution in [0.1, 0.15) is 42.3 Å². The van der Waals surface area contributed by atoms with Gasteiger partial charge in [-0.2, -0.15) is 0 Å². The third kappa shape index (κ3) is 3.14. The molecular formula is C16H21NS. The zero-order valence-electron chi connectivity index (χ0n) is 11.4. The van der Waals surface area contributed by atoms with Crippen LogP contribution in [0.3, 0.4) is 0 Å². The van der Waals surface area contributed by atoms with Gasteiger partial charge in [-0.3, -0.25) is 0 Å². The topological polar surface area (TPSA) is 12.0 Å². The summed E-state index contributed by atoms with van der Waals surface area (Å²) in [5.41, 5.74) is 4.00. The minimum absolute atomic E-state index is 0.377. The molecule has 1 nitrogen and oxygen atoms in total. The Balaban J connectivity index is 2.03. The average Bonchev–Trinajstić information content (AvgIpc) is 2.78. The van der Waals surface area contributed by atoms with Crippen LogP contribution in [0.5, 0.6) is 0 Å². The normalized spacial score (nSPS) is 12.4. The smallest absolute Gasteiger partial charge is 0.0581 e. The summed E-state index contributed by atoms with van der Waals surface area (Å²) in [6.07, 6.45) is 2.37. The van der Waals surface area contributed by atoms with E-state index >= 15 is 0 Å². The maximum Gasteiger partial charge on any atom is 0.0581 e. The summed E-state index contributed by atoms with van der Waals surface area (Å²) in [7, 11) is 0. The number of thiophene rings is 1. The van der Waals surface area contributed by atoms with Crippen LogP contribution in [0, 0.1) is 6.92 Å². The second-order valence-electron chi connectivity index (χ2n) is 4.78. The number of hydrogen-bond acceptors (Lipinski definition) is 2. The molecule has 0 aliphatic carbocycles. The van der Waals surface area contributed by atoms with E-state index in [4.69, 9.17) is 0 Å². The number of anilines is 1. The minimum Gasteiger partial charge on any atom is -0.378 e. The van der Waals surface area contributed by atoms with E-state index in [9.17, 15) is 0 Å². The predicted molar refractivity (Wildman–Crippen MR) is 81.5 cm³/mol. The van der Waals surface area contributed by atoms with Crippen molar-refractivity contribution >= 4 is 17.0 Å². The summed E-state index contributed by atoms with van der Waals surface area (Å²) in [5.74, 6) is 0. The van der Waals surface area contributed by atoms with Crippen molar-refractivity contribution in [3.05, 3.63) is 51.7 Å². The van der Waals surface area contributed by atoms with E-state index in [0.29, 0.717) is 6.04 Å². The molecule has 0 radical (unpaired) electrons. The molecule has 0 aliphatic heterocycles. The van der Waals surface area contributed by atoms with E-state index in [0.717, 1.165) is 0 Å². The van der Waals surface area contributed by atoms with Gasteiger partial charge in [0.05, 0.1) is 6.04 Å². The highest BCUT2D eigenvalue weighted by atomic mass is 32.1. The first kappa shape index (κ1) is 13.2. The van der Waals surface area contributed by atoms with E-state index in [1.807, 2.05) is 11.3 Å². The van der Waals surface area contributed by atoms with E-state index in [2.05, 4.69) is 61.8 Å². The molecule has 1 atom stereocenters. The summed E-state index contributed by atoms with van der Waals surface area (Å²) in [4.78, 5) is 1.42. The fraction of sp³-hybridized carbons (Fsp3) is 0.375. The molecule has 1 aromatic carbocycles. The second kappa shape index (κ2) is 6.05. The predicted octanol–water partition coefficient (Wildman–Crippen LogP) is 5.18. The summed E-state index contributed by atoms with van der Waals surface area (Å²) >= 11 is 1.83. The fourth-order valence-corrected chi connectivity index (χ4v) is 3.14. The lowest BCUT2D eigenvalue weighted by atomic mass is 10.1. The van der Waals surface area contributed by atoms with Crippen molar-refractivity contribution in [2.75, 3.05) is 5.32 Å². The first-order chi connectivity index (χ1) is 8.70. The first-order valence-electron chi connectivity index (χ1n) is 6.60. The largest absolute Gasteiger partial charge is 0.378 e. The molecule has 0 saturated carbocycles. The third-order valence-electron chi connectivity index (χ3n) is 3.17. The highest BCUT2D eigenvalue weighted by Gasteiger charge is 2.09. The molecule has 1 unspecified atom stereocenters.